The minimum atomic E-state index is -0.509. The fourth-order valence-corrected chi connectivity index (χ4v) is 2.53. The largest absolute Gasteiger partial charge is 0.423 e. The number of hydrogen-bond donors (Lipinski definition) is 2. The van der Waals surface area contributed by atoms with Gasteiger partial charge in [0.15, 0.2) is 5.76 Å². The molecule has 2 aromatic carbocycles. The summed E-state index contributed by atoms with van der Waals surface area (Å²) in [6, 6.07) is 14.9. The van der Waals surface area contributed by atoms with Gasteiger partial charge in [-0.1, -0.05) is 39.7 Å². The number of amides is 1. The lowest BCUT2D eigenvalue weighted by molar-refractivity contribution is -0.117. The van der Waals surface area contributed by atoms with E-state index in [1.807, 2.05) is 24.3 Å². The van der Waals surface area contributed by atoms with Crippen LogP contribution in [-0.4, -0.2) is 10.9 Å². The van der Waals surface area contributed by atoms with Crippen molar-refractivity contribution in [3.63, 3.8) is 0 Å². The third-order valence-corrected chi connectivity index (χ3v) is 4.57. The maximum atomic E-state index is 11.2. The van der Waals surface area contributed by atoms with Crippen LogP contribution in [0.15, 0.2) is 59.1 Å². The van der Waals surface area contributed by atoms with Crippen LogP contribution in [0.1, 0.15) is 10.4 Å². The number of benzene rings is 2. The summed E-state index contributed by atoms with van der Waals surface area (Å²) in [4.78, 5) is 14.9. The number of nitrogens with zero attached hydrogens (tertiary/aromatic N) is 1. The van der Waals surface area contributed by atoms with Gasteiger partial charge in [-0.2, -0.15) is 0 Å². The highest BCUT2D eigenvalue weighted by Gasteiger charge is 2.13. The van der Waals surface area contributed by atoms with Gasteiger partial charge in [0, 0.05) is 16.3 Å². The Hall–Kier alpha value is -2.31. The molecule has 1 aromatic heterocycles. The number of carbonyl (C=O) groups is 1. The molecular formula is C17H13BrClN3O2. The summed E-state index contributed by atoms with van der Waals surface area (Å²) in [5.74, 6) is 0.205. The zero-order valence-corrected chi connectivity index (χ0v) is 14.7. The van der Waals surface area contributed by atoms with E-state index >= 15 is 0 Å². The molecule has 3 N–H and O–H groups in total. The number of nitrogens with two attached hydrogens (primary N) is 1. The molecule has 3 rings (SSSR count). The third kappa shape index (κ3) is 3.77. The van der Waals surface area contributed by atoms with Gasteiger partial charge in [-0.05, 0) is 42.0 Å². The highest BCUT2D eigenvalue weighted by atomic mass is 79.9. The quantitative estimate of drug-likeness (QED) is 0.604. The second kappa shape index (κ2) is 7.07. The Morgan fingerprint density at radius 2 is 1.83 bits per heavy atom. The molecule has 122 valence electrons. The number of hydrogen-bond acceptors (Lipinski definition) is 4. The van der Waals surface area contributed by atoms with Crippen molar-refractivity contribution in [3.05, 3.63) is 65.3 Å². The molecule has 0 aliphatic rings. The fourth-order valence-electron chi connectivity index (χ4n) is 2.10. The second-order valence-corrected chi connectivity index (χ2v) is 6.40. The lowest BCUT2D eigenvalue weighted by Gasteiger charge is -2.07. The van der Waals surface area contributed by atoms with E-state index in [0.29, 0.717) is 16.8 Å². The molecule has 24 heavy (non-hydrogen) atoms. The SMILES string of the molecule is NC(=O)C(Br)c1ccc(Nc2ncc(-c3ccc(Cl)cc3)o2)cc1. The van der Waals surface area contributed by atoms with Crippen LogP contribution >= 0.6 is 27.5 Å². The van der Waals surface area contributed by atoms with E-state index in [0.717, 1.165) is 16.8 Å². The van der Waals surface area contributed by atoms with Gasteiger partial charge in [0.25, 0.3) is 6.01 Å². The van der Waals surface area contributed by atoms with Crippen LogP contribution in [-0.2, 0) is 4.79 Å². The normalized spacial score (nSPS) is 11.9. The van der Waals surface area contributed by atoms with E-state index in [4.69, 9.17) is 21.8 Å². The zero-order valence-electron chi connectivity index (χ0n) is 12.4. The molecule has 0 bridgehead atoms. The van der Waals surface area contributed by atoms with E-state index < -0.39 is 10.7 Å². The van der Waals surface area contributed by atoms with Crippen LogP contribution in [0.4, 0.5) is 11.7 Å². The van der Waals surface area contributed by atoms with Gasteiger partial charge in [-0.25, -0.2) is 4.98 Å². The minimum Gasteiger partial charge on any atom is -0.423 e. The standard InChI is InChI=1S/C17H13BrClN3O2/c18-15(16(20)23)11-3-7-13(8-4-11)22-17-21-9-14(24-17)10-1-5-12(19)6-2-10/h1-9,15H,(H2,20,23)(H,21,22). The van der Waals surface area contributed by atoms with Crippen molar-refractivity contribution in [1.29, 1.82) is 0 Å². The van der Waals surface area contributed by atoms with Gasteiger partial charge in [-0.3, -0.25) is 4.79 Å². The van der Waals surface area contributed by atoms with Crippen molar-refractivity contribution in [1.82, 2.24) is 4.98 Å². The number of nitrogens with one attached hydrogen (secondary N) is 1. The predicted octanol–water partition coefficient (Wildman–Crippen LogP) is 4.66. The topological polar surface area (TPSA) is 81.2 Å². The summed E-state index contributed by atoms with van der Waals surface area (Å²) in [6.45, 7) is 0. The van der Waals surface area contributed by atoms with Gasteiger partial charge < -0.3 is 15.5 Å². The molecular weight excluding hydrogens is 394 g/mol. The van der Waals surface area contributed by atoms with Crippen LogP contribution < -0.4 is 11.1 Å². The smallest absolute Gasteiger partial charge is 0.299 e. The molecule has 1 heterocycles. The Kier molecular flexibility index (Phi) is 4.87. The lowest BCUT2D eigenvalue weighted by atomic mass is 10.1. The zero-order chi connectivity index (χ0) is 17.1. The van der Waals surface area contributed by atoms with Gasteiger partial charge >= 0.3 is 0 Å². The number of primary amides is 1. The average Bonchev–Trinajstić information content (AvgIpc) is 3.04. The summed E-state index contributed by atoms with van der Waals surface area (Å²) in [5.41, 5.74) is 7.71. The Morgan fingerprint density at radius 1 is 1.17 bits per heavy atom. The first-order valence-electron chi connectivity index (χ1n) is 7.05. The maximum absolute atomic E-state index is 11.2. The second-order valence-electron chi connectivity index (χ2n) is 5.05. The Bertz CT molecular complexity index is 847. The summed E-state index contributed by atoms with van der Waals surface area (Å²) >= 11 is 9.12. The van der Waals surface area contributed by atoms with Crippen molar-refractivity contribution >= 4 is 45.1 Å². The van der Waals surface area contributed by atoms with Gasteiger partial charge in [0.2, 0.25) is 5.91 Å². The van der Waals surface area contributed by atoms with Gasteiger partial charge in [0.1, 0.15) is 4.83 Å². The molecule has 1 unspecified atom stereocenters. The predicted molar refractivity (Wildman–Crippen MR) is 97.5 cm³/mol. The van der Waals surface area contributed by atoms with E-state index in [1.165, 1.54) is 0 Å². The average molecular weight is 407 g/mol. The summed E-state index contributed by atoms with van der Waals surface area (Å²) in [6.07, 6.45) is 1.64. The molecule has 0 radical (unpaired) electrons. The van der Waals surface area contributed by atoms with Crippen LogP contribution in [0, 0.1) is 0 Å². The monoisotopic (exact) mass is 405 g/mol. The molecule has 7 heteroatoms. The highest BCUT2D eigenvalue weighted by molar-refractivity contribution is 9.09. The lowest BCUT2D eigenvalue weighted by Crippen LogP contribution is -2.16. The van der Waals surface area contributed by atoms with Crippen LogP contribution in [0.3, 0.4) is 0 Å². The van der Waals surface area contributed by atoms with Gasteiger partial charge in [0.05, 0.1) is 6.20 Å². The first kappa shape index (κ1) is 16.5. The molecule has 0 saturated carbocycles. The molecule has 0 spiro atoms. The number of rotatable bonds is 5. The number of aromatic nitrogens is 1. The first-order chi connectivity index (χ1) is 11.5. The molecule has 5 nitrogen and oxygen atoms in total. The third-order valence-electron chi connectivity index (χ3n) is 3.34. The van der Waals surface area contributed by atoms with E-state index in [2.05, 4.69) is 26.2 Å². The number of halogens is 2. The highest BCUT2D eigenvalue weighted by Crippen LogP contribution is 2.27. The Balaban J connectivity index is 1.73. The van der Waals surface area contributed by atoms with Gasteiger partial charge in [-0.15, -0.1) is 0 Å². The fraction of sp³-hybridized carbons (Fsp3) is 0.0588. The van der Waals surface area contributed by atoms with Crippen LogP contribution in [0.5, 0.6) is 0 Å². The molecule has 3 aromatic rings. The van der Waals surface area contributed by atoms with Crippen LogP contribution in [0.2, 0.25) is 5.02 Å². The molecule has 1 amide bonds. The van der Waals surface area contributed by atoms with Crippen molar-refractivity contribution in [2.24, 2.45) is 5.73 Å². The van der Waals surface area contributed by atoms with Crippen molar-refractivity contribution in [2.45, 2.75) is 4.83 Å². The molecule has 1 atom stereocenters. The molecule has 0 saturated heterocycles. The number of carbonyl (C=O) groups excluding carboxylic acids is 1. The molecule has 0 fully saturated rings. The molecule has 0 aliphatic carbocycles. The van der Waals surface area contributed by atoms with Crippen molar-refractivity contribution < 1.29 is 9.21 Å². The number of oxazole rings is 1. The first-order valence-corrected chi connectivity index (χ1v) is 8.34. The maximum Gasteiger partial charge on any atom is 0.299 e. The summed E-state index contributed by atoms with van der Waals surface area (Å²) in [7, 11) is 0. The minimum absolute atomic E-state index is 0.373. The van der Waals surface area contributed by atoms with Crippen molar-refractivity contribution in [2.75, 3.05) is 5.32 Å². The number of anilines is 2. The van der Waals surface area contributed by atoms with E-state index in [1.54, 1.807) is 30.5 Å². The van der Waals surface area contributed by atoms with E-state index in [-0.39, 0.29) is 0 Å². The summed E-state index contributed by atoms with van der Waals surface area (Å²) in [5, 5.41) is 3.73. The van der Waals surface area contributed by atoms with Crippen LogP contribution in [0.25, 0.3) is 11.3 Å². The van der Waals surface area contributed by atoms with E-state index in [9.17, 15) is 4.79 Å². The van der Waals surface area contributed by atoms with Crippen molar-refractivity contribution in [3.8, 4) is 11.3 Å². The summed E-state index contributed by atoms with van der Waals surface area (Å²) < 4.78 is 5.68. The number of alkyl halides is 1. The Labute approximate surface area is 152 Å². The molecule has 0 aliphatic heterocycles. The Morgan fingerprint density at radius 3 is 2.46 bits per heavy atom.